The topological polar surface area (TPSA) is 7.12 Å². The summed E-state index contributed by atoms with van der Waals surface area (Å²) in [6.07, 6.45) is 9.19. The molecule has 3 aromatic rings. The fraction of sp³-hybridized carbons (Fsp3) is 0.190. The number of anilines is 1. The molecule has 0 atom stereocenters. The van der Waals surface area contributed by atoms with Gasteiger partial charge in [0.05, 0.1) is 0 Å². The van der Waals surface area contributed by atoms with Gasteiger partial charge in [-0.1, -0.05) is 41.7 Å². The second-order valence-electron chi connectivity index (χ2n) is 6.50. The van der Waals surface area contributed by atoms with Crippen molar-refractivity contribution in [2.75, 3.05) is 11.9 Å². The maximum Gasteiger partial charge on any atom is 0.263 e. The first-order chi connectivity index (χ1) is 11.8. The molecule has 0 bridgehead atoms. The maximum atomic E-state index is 2.51. The SMILES string of the molecule is CN1C=C/C(=C\c2sc3cccc4c3[n+]2CCC4)c2ccccc21. The molecule has 0 saturated heterocycles. The van der Waals surface area contributed by atoms with Crippen molar-refractivity contribution in [3.05, 3.63) is 70.9 Å². The van der Waals surface area contributed by atoms with E-state index in [-0.39, 0.29) is 0 Å². The van der Waals surface area contributed by atoms with E-state index in [1.807, 2.05) is 11.3 Å². The van der Waals surface area contributed by atoms with Crippen LogP contribution in [0.1, 0.15) is 22.6 Å². The van der Waals surface area contributed by atoms with Gasteiger partial charge < -0.3 is 4.90 Å². The number of benzene rings is 2. The van der Waals surface area contributed by atoms with E-state index in [1.165, 1.54) is 50.5 Å². The Hall–Kier alpha value is -2.39. The van der Waals surface area contributed by atoms with Crippen LogP contribution < -0.4 is 9.47 Å². The Labute approximate surface area is 146 Å². The number of hydrogen-bond acceptors (Lipinski definition) is 2. The quantitative estimate of drug-likeness (QED) is 0.589. The number of allylic oxidation sites excluding steroid dienone is 2. The fourth-order valence-electron chi connectivity index (χ4n) is 3.84. The molecule has 0 saturated carbocycles. The normalized spacial score (nSPS) is 17.5. The summed E-state index contributed by atoms with van der Waals surface area (Å²) in [5, 5.41) is 1.36. The van der Waals surface area contributed by atoms with E-state index in [4.69, 9.17) is 0 Å². The Kier molecular flexibility index (Phi) is 3.10. The second-order valence-corrected chi connectivity index (χ2v) is 7.57. The summed E-state index contributed by atoms with van der Waals surface area (Å²) in [5.74, 6) is 0. The lowest BCUT2D eigenvalue weighted by molar-refractivity contribution is -0.671. The number of nitrogens with zero attached hydrogens (tertiary/aromatic N) is 2. The minimum absolute atomic E-state index is 1.13. The van der Waals surface area contributed by atoms with E-state index >= 15 is 0 Å². The molecule has 3 heteroatoms. The number of thiazole rings is 1. The highest BCUT2D eigenvalue weighted by atomic mass is 32.1. The Morgan fingerprint density at radius 1 is 1.12 bits per heavy atom. The van der Waals surface area contributed by atoms with Gasteiger partial charge in [-0.3, -0.25) is 0 Å². The van der Waals surface area contributed by atoms with Gasteiger partial charge in [0.15, 0.2) is 6.54 Å². The minimum atomic E-state index is 1.13. The zero-order chi connectivity index (χ0) is 16.1. The summed E-state index contributed by atoms with van der Waals surface area (Å²) in [4.78, 5) is 2.19. The lowest BCUT2D eigenvalue weighted by atomic mass is 10.00. The third-order valence-electron chi connectivity index (χ3n) is 5.01. The zero-order valence-corrected chi connectivity index (χ0v) is 14.5. The molecule has 0 unspecified atom stereocenters. The largest absolute Gasteiger partial charge is 0.351 e. The van der Waals surface area contributed by atoms with Crippen molar-refractivity contribution >= 4 is 38.9 Å². The molecule has 5 rings (SSSR count). The molecule has 0 radical (unpaired) electrons. The zero-order valence-electron chi connectivity index (χ0n) is 13.7. The standard InChI is InChI=1S/C21H19N2S/c1-22-13-11-16(17-8-2-3-9-18(17)22)14-20-23-12-5-7-15-6-4-10-19(24-20)21(15)23/h2-4,6,8-11,13-14H,5,7,12H2,1H3/q+1. The van der Waals surface area contributed by atoms with E-state index in [9.17, 15) is 0 Å². The van der Waals surface area contributed by atoms with E-state index < -0.39 is 0 Å². The van der Waals surface area contributed by atoms with Gasteiger partial charge in [0.1, 0.15) is 4.70 Å². The Morgan fingerprint density at radius 2 is 2.04 bits per heavy atom. The number of aromatic nitrogens is 1. The van der Waals surface area contributed by atoms with Gasteiger partial charge in [-0.25, -0.2) is 0 Å². The summed E-state index contributed by atoms with van der Waals surface area (Å²) in [7, 11) is 2.11. The average Bonchev–Trinajstić information content (AvgIpc) is 2.98. The molecule has 0 amide bonds. The monoisotopic (exact) mass is 331 g/mol. The molecule has 0 N–H and O–H groups in total. The van der Waals surface area contributed by atoms with Crippen LogP contribution in [0.25, 0.3) is 21.9 Å². The third-order valence-corrected chi connectivity index (χ3v) is 6.11. The van der Waals surface area contributed by atoms with Crippen LogP contribution in [-0.2, 0) is 13.0 Å². The van der Waals surface area contributed by atoms with Crippen molar-refractivity contribution in [2.24, 2.45) is 0 Å². The summed E-state index contributed by atoms with van der Waals surface area (Å²) >= 11 is 1.91. The molecular weight excluding hydrogens is 312 g/mol. The number of rotatable bonds is 1. The average molecular weight is 331 g/mol. The Morgan fingerprint density at radius 3 is 3.00 bits per heavy atom. The van der Waals surface area contributed by atoms with E-state index in [2.05, 4.69) is 77.3 Å². The van der Waals surface area contributed by atoms with Crippen LogP contribution in [0.3, 0.4) is 0 Å². The molecular formula is C21H19N2S+. The molecule has 2 nitrogen and oxygen atoms in total. The molecule has 0 spiro atoms. The van der Waals surface area contributed by atoms with E-state index in [0.29, 0.717) is 0 Å². The highest BCUT2D eigenvalue weighted by Crippen LogP contribution is 2.35. The van der Waals surface area contributed by atoms with Crippen molar-refractivity contribution in [3.63, 3.8) is 0 Å². The third kappa shape index (κ3) is 2.05. The molecule has 0 aliphatic carbocycles. The number of fused-ring (bicyclic) bond motifs is 1. The van der Waals surface area contributed by atoms with Crippen LogP contribution >= 0.6 is 11.3 Å². The lowest BCUT2D eigenvalue weighted by Gasteiger charge is -2.23. The summed E-state index contributed by atoms with van der Waals surface area (Å²) in [5.41, 5.74) is 6.83. The van der Waals surface area contributed by atoms with Crippen LogP contribution in [0, 0.1) is 0 Å². The molecule has 0 fully saturated rings. The summed E-state index contributed by atoms with van der Waals surface area (Å²) in [6, 6.07) is 15.4. The van der Waals surface area contributed by atoms with Crippen molar-refractivity contribution in [2.45, 2.75) is 19.4 Å². The van der Waals surface area contributed by atoms with Gasteiger partial charge >= 0.3 is 0 Å². The van der Waals surface area contributed by atoms with Crippen molar-refractivity contribution in [3.8, 4) is 0 Å². The minimum Gasteiger partial charge on any atom is -0.351 e. The first kappa shape index (κ1) is 14.0. The van der Waals surface area contributed by atoms with Crippen LogP contribution in [-0.4, -0.2) is 7.05 Å². The Balaban J connectivity index is 1.71. The molecule has 3 heterocycles. The maximum absolute atomic E-state index is 2.51. The van der Waals surface area contributed by atoms with Crippen molar-refractivity contribution in [1.82, 2.24) is 0 Å². The highest BCUT2D eigenvalue weighted by Gasteiger charge is 2.26. The van der Waals surface area contributed by atoms with Crippen LogP contribution in [0.2, 0.25) is 0 Å². The molecule has 2 aromatic carbocycles. The second kappa shape index (κ2) is 5.32. The van der Waals surface area contributed by atoms with Gasteiger partial charge in [-0.05, 0) is 30.2 Å². The van der Waals surface area contributed by atoms with Gasteiger partial charge in [-0.15, -0.1) is 0 Å². The smallest absolute Gasteiger partial charge is 0.263 e. The van der Waals surface area contributed by atoms with Crippen molar-refractivity contribution < 1.29 is 4.57 Å². The fourth-order valence-corrected chi connectivity index (χ4v) is 5.03. The summed E-state index contributed by atoms with van der Waals surface area (Å²) < 4.78 is 3.92. The molecule has 1 aromatic heterocycles. The van der Waals surface area contributed by atoms with Crippen molar-refractivity contribution in [1.29, 1.82) is 0 Å². The van der Waals surface area contributed by atoms with Crippen LogP contribution in [0.5, 0.6) is 0 Å². The highest BCUT2D eigenvalue weighted by molar-refractivity contribution is 7.19. The predicted octanol–water partition coefficient (Wildman–Crippen LogP) is 4.64. The van der Waals surface area contributed by atoms with Gasteiger partial charge in [0, 0.05) is 42.6 Å². The molecule has 24 heavy (non-hydrogen) atoms. The van der Waals surface area contributed by atoms with E-state index in [0.717, 1.165) is 6.54 Å². The Bertz CT molecular complexity index is 1010. The van der Waals surface area contributed by atoms with Crippen LogP contribution in [0.4, 0.5) is 5.69 Å². The summed E-state index contributed by atoms with van der Waals surface area (Å²) in [6.45, 7) is 1.13. The first-order valence-corrected chi connectivity index (χ1v) is 9.29. The first-order valence-electron chi connectivity index (χ1n) is 8.47. The van der Waals surface area contributed by atoms with Gasteiger partial charge in [-0.2, -0.15) is 4.57 Å². The van der Waals surface area contributed by atoms with Crippen LogP contribution in [0.15, 0.2) is 54.7 Å². The number of aryl methyl sites for hydroxylation is 2. The number of hydrogen-bond donors (Lipinski definition) is 0. The molecule has 118 valence electrons. The number of para-hydroxylation sites is 2. The lowest BCUT2D eigenvalue weighted by Crippen LogP contribution is -2.38. The van der Waals surface area contributed by atoms with Gasteiger partial charge in [0.25, 0.3) is 5.01 Å². The predicted molar refractivity (Wildman–Crippen MR) is 102 cm³/mol. The van der Waals surface area contributed by atoms with E-state index in [1.54, 1.807) is 0 Å². The molecule has 2 aliphatic heterocycles. The molecule has 2 aliphatic rings. The van der Waals surface area contributed by atoms with Gasteiger partial charge in [0.2, 0.25) is 5.52 Å².